The van der Waals surface area contributed by atoms with E-state index in [2.05, 4.69) is 18.0 Å². The Kier molecular flexibility index (Phi) is 19.8. The van der Waals surface area contributed by atoms with Gasteiger partial charge in [0.2, 0.25) is 0 Å². The van der Waals surface area contributed by atoms with Crippen molar-refractivity contribution in [3.8, 4) is 0 Å². The molecule has 8 heteroatoms. The van der Waals surface area contributed by atoms with Gasteiger partial charge < -0.3 is 9.47 Å². The molecule has 0 amide bonds. The number of hydrogen-bond donors (Lipinski definition) is 0. The van der Waals surface area contributed by atoms with Crippen LogP contribution in [-0.4, -0.2) is 70.2 Å². The van der Waals surface area contributed by atoms with Crippen LogP contribution in [0.1, 0.15) is 110 Å². The first kappa shape index (κ1) is 30.8. The fourth-order valence-corrected chi connectivity index (χ4v) is 4.15. The molecule has 1 saturated heterocycles. The van der Waals surface area contributed by atoms with Gasteiger partial charge in [0.05, 0.1) is 25.9 Å². The molecule has 0 saturated carbocycles. The summed E-state index contributed by atoms with van der Waals surface area (Å²) in [5, 5.41) is 0. The molecule has 0 radical (unpaired) electrons. The molecule has 0 bridgehead atoms. The van der Waals surface area contributed by atoms with E-state index in [1.807, 2.05) is 0 Å². The third-order valence-corrected chi connectivity index (χ3v) is 6.39. The Morgan fingerprint density at radius 1 is 0.900 bits per heavy atom. The zero-order chi connectivity index (χ0) is 21.4. The zero-order valence-corrected chi connectivity index (χ0v) is 19.7. The Morgan fingerprint density at radius 2 is 1.43 bits per heavy atom. The molecular weight excluding hydrogens is 415 g/mol. The summed E-state index contributed by atoms with van der Waals surface area (Å²) in [5.74, 6) is 0. The van der Waals surface area contributed by atoms with Gasteiger partial charge in [-0.3, -0.25) is 4.18 Å². The predicted octanol–water partition coefficient (Wildman–Crippen LogP) is 5.25. The van der Waals surface area contributed by atoms with E-state index in [0.29, 0.717) is 13.0 Å². The molecule has 176 valence electrons. The molecular formula is C22H45NaO6S. The Morgan fingerprint density at radius 3 is 1.97 bits per heavy atom. The molecule has 0 aromatic heterocycles. The van der Waals surface area contributed by atoms with Gasteiger partial charge >= 0.3 is 40.0 Å². The number of hydrogen-bond acceptors (Lipinski definition) is 6. The SMILES string of the molecule is CCCCCCCCCCCCCCC(C)OCC1CCC(OS(=O)(=O)OC)O1.[NaH]. The van der Waals surface area contributed by atoms with E-state index in [4.69, 9.17) is 13.7 Å². The third kappa shape index (κ3) is 16.4. The number of rotatable bonds is 19. The van der Waals surface area contributed by atoms with Crippen LogP contribution >= 0.6 is 0 Å². The van der Waals surface area contributed by atoms with Crippen molar-refractivity contribution >= 4 is 40.0 Å². The summed E-state index contributed by atoms with van der Waals surface area (Å²) in [6, 6.07) is 0. The Bertz CT molecular complexity index is 488. The molecule has 1 heterocycles. The van der Waals surface area contributed by atoms with E-state index < -0.39 is 16.7 Å². The summed E-state index contributed by atoms with van der Waals surface area (Å²) in [6.45, 7) is 4.84. The van der Waals surface area contributed by atoms with Crippen LogP contribution in [0, 0.1) is 0 Å². The molecule has 0 aromatic rings. The van der Waals surface area contributed by atoms with Crippen molar-refractivity contribution in [3.63, 3.8) is 0 Å². The van der Waals surface area contributed by atoms with Crippen molar-refractivity contribution in [1.82, 2.24) is 0 Å². The standard InChI is InChI=1S/C22H44O6S.Na.H/c1-4-5-6-7-8-9-10-11-12-13-14-15-16-20(2)26-19-21-17-18-22(27-21)28-29(23,24)25-3;;/h20-22H,4-19H2,1-3H3;;. The maximum absolute atomic E-state index is 11.3. The predicted molar refractivity (Wildman–Crippen MR) is 123 cm³/mol. The van der Waals surface area contributed by atoms with E-state index in [1.165, 1.54) is 77.0 Å². The Labute approximate surface area is 207 Å². The van der Waals surface area contributed by atoms with Gasteiger partial charge in [0.15, 0.2) is 6.29 Å². The van der Waals surface area contributed by atoms with Crippen LogP contribution in [-0.2, 0) is 28.2 Å². The Hall–Kier alpha value is 0.790. The minimum atomic E-state index is -3.95. The first-order chi connectivity index (χ1) is 14.0. The minimum absolute atomic E-state index is 0. The van der Waals surface area contributed by atoms with Gasteiger partial charge in [-0.15, -0.1) is 0 Å². The molecule has 6 nitrogen and oxygen atoms in total. The second-order valence-electron chi connectivity index (χ2n) is 8.26. The van der Waals surface area contributed by atoms with Gasteiger partial charge in [0.25, 0.3) is 0 Å². The normalized spacial score (nSPS) is 20.2. The zero-order valence-electron chi connectivity index (χ0n) is 18.9. The molecule has 0 aliphatic carbocycles. The average Bonchev–Trinajstić information content (AvgIpc) is 3.14. The van der Waals surface area contributed by atoms with Crippen LogP contribution in [0.5, 0.6) is 0 Å². The first-order valence-electron chi connectivity index (χ1n) is 11.7. The molecule has 0 aromatic carbocycles. The fourth-order valence-electron chi connectivity index (χ4n) is 3.66. The molecule has 1 fully saturated rings. The van der Waals surface area contributed by atoms with Crippen LogP contribution in [0.4, 0.5) is 0 Å². The quantitative estimate of drug-likeness (QED) is 0.194. The van der Waals surface area contributed by atoms with Crippen molar-refractivity contribution in [2.24, 2.45) is 0 Å². The van der Waals surface area contributed by atoms with Crippen molar-refractivity contribution in [3.05, 3.63) is 0 Å². The summed E-state index contributed by atoms with van der Waals surface area (Å²) >= 11 is 0. The van der Waals surface area contributed by atoms with E-state index >= 15 is 0 Å². The molecule has 1 aliphatic rings. The molecule has 3 atom stereocenters. The third-order valence-electron chi connectivity index (χ3n) is 5.53. The Balaban J connectivity index is 0.00000841. The van der Waals surface area contributed by atoms with Crippen LogP contribution in [0.2, 0.25) is 0 Å². The van der Waals surface area contributed by atoms with E-state index in [0.717, 1.165) is 20.0 Å². The van der Waals surface area contributed by atoms with Crippen molar-refractivity contribution < 1.29 is 26.3 Å². The van der Waals surface area contributed by atoms with E-state index in [9.17, 15) is 8.42 Å². The monoisotopic (exact) mass is 460 g/mol. The van der Waals surface area contributed by atoms with E-state index in [-0.39, 0.29) is 41.8 Å². The van der Waals surface area contributed by atoms with Crippen molar-refractivity contribution in [2.75, 3.05) is 13.7 Å². The summed E-state index contributed by atoms with van der Waals surface area (Å²) in [6.07, 6.45) is 17.9. The van der Waals surface area contributed by atoms with Crippen molar-refractivity contribution in [1.29, 1.82) is 0 Å². The first-order valence-corrected chi connectivity index (χ1v) is 13.1. The van der Waals surface area contributed by atoms with Crippen LogP contribution < -0.4 is 0 Å². The molecule has 30 heavy (non-hydrogen) atoms. The average molecular weight is 461 g/mol. The molecule has 3 unspecified atom stereocenters. The molecule has 1 rings (SSSR count). The van der Waals surface area contributed by atoms with Crippen molar-refractivity contribution in [2.45, 2.75) is 129 Å². The van der Waals surface area contributed by atoms with Crippen LogP contribution in [0.25, 0.3) is 0 Å². The summed E-state index contributed by atoms with van der Waals surface area (Å²) in [5.41, 5.74) is 0. The van der Waals surface area contributed by atoms with Gasteiger partial charge in [-0.05, 0) is 19.8 Å². The van der Waals surface area contributed by atoms with Gasteiger partial charge in [-0.2, -0.15) is 8.42 Å². The second-order valence-corrected chi connectivity index (χ2v) is 9.60. The molecule has 0 spiro atoms. The topological polar surface area (TPSA) is 71.1 Å². The fraction of sp³-hybridized carbons (Fsp3) is 1.00. The molecule has 1 aliphatic heterocycles. The number of ether oxygens (including phenoxy) is 2. The van der Waals surface area contributed by atoms with Gasteiger partial charge in [0, 0.05) is 6.42 Å². The van der Waals surface area contributed by atoms with Crippen LogP contribution in [0.15, 0.2) is 0 Å². The summed E-state index contributed by atoms with van der Waals surface area (Å²) < 4.78 is 43.0. The van der Waals surface area contributed by atoms with E-state index in [1.54, 1.807) is 0 Å². The summed E-state index contributed by atoms with van der Waals surface area (Å²) in [4.78, 5) is 0. The van der Waals surface area contributed by atoms with Crippen LogP contribution in [0.3, 0.4) is 0 Å². The summed E-state index contributed by atoms with van der Waals surface area (Å²) in [7, 11) is -2.88. The molecule has 0 N–H and O–H groups in total. The van der Waals surface area contributed by atoms with Gasteiger partial charge in [-0.25, -0.2) is 4.18 Å². The van der Waals surface area contributed by atoms with Gasteiger partial charge in [-0.1, -0.05) is 84.0 Å². The van der Waals surface area contributed by atoms with Gasteiger partial charge in [0.1, 0.15) is 0 Å². The number of unbranched alkanes of at least 4 members (excludes halogenated alkanes) is 11. The maximum atomic E-state index is 11.3. The second kappa shape index (κ2) is 19.3.